The van der Waals surface area contributed by atoms with Gasteiger partial charge >= 0.3 is 0 Å². The van der Waals surface area contributed by atoms with Gasteiger partial charge in [-0.25, -0.2) is 0 Å². The van der Waals surface area contributed by atoms with E-state index in [2.05, 4.69) is 5.32 Å². The first-order chi connectivity index (χ1) is 9.01. The highest BCUT2D eigenvalue weighted by Gasteiger charge is 2.31. The van der Waals surface area contributed by atoms with Gasteiger partial charge in [-0.3, -0.25) is 14.9 Å². The molecule has 1 aromatic carbocycles. The Morgan fingerprint density at radius 2 is 2.15 bits per heavy atom. The van der Waals surface area contributed by atoms with Crippen molar-refractivity contribution >= 4 is 24.0 Å². The topological polar surface area (TPSA) is 98.3 Å². The van der Waals surface area contributed by atoms with E-state index in [1.165, 1.54) is 12.1 Å². The van der Waals surface area contributed by atoms with Crippen molar-refractivity contribution in [3.05, 3.63) is 39.4 Å². The van der Waals surface area contributed by atoms with E-state index >= 15 is 0 Å². The summed E-state index contributed by atoms with van der Waals surface area (Å²) in [5, 5.41) is 13.6. The van der Waals surface area contributed by atoms with E-state index in [1.807, 2.05) is 0 Å². The van der Waals surface area contributed by atoms with Gasteiger partial charge in [0.25, 0.3) is 11.6 Å². The summed E-state index contributed by atoms with van der Waals surface area (Å²) in [6, 6.07) is 4.34. The molecule has 0 saturated heterocycles. The Morgan fingerprint density at radius 3 is 2.65 bits per heavy atom. The second-order valence-electron chi connectivity index (χ2n) is 4.97. The number of rotatable bonds is 5. The molecule has 1 fully saturated rings. The summed E-state index contributed by atoms with van der Waals surface area (Å²) in [5.41, 5.74) is 6.56. The van der Waals surface area contributed by atoms with Gasteiger partial charge in [0.15, 0.2) is 0 Å². The second-order valence-corrected chi connectivity index (χ2v) is 4.97. The van der Waals surface area contributed by atoms with Crippen LogP contribution in [-0.4, -0.2) is 23.4 Å². The van der Waals surface area contributed by atoms with E-state index in [0.717, 1.165) is 12.8 Å². The van der Waals surface area contributed by atoms with Crippen molar-refractivity contribution in [3.8, 4) is 0 Å². The maximum Gasteiger partial charge on any atom is 0.270 e. The number of carbonyl (C=O) groups excluding carboxylic acids is 1. The summed E-state index contributed by atoms with van der Waals surface area (Å²) in [6.07, 6.45) is 2.16. The highest BCUT2D eigenvalue weighted by molar-refractivity contribution is 5.95. The highest BCUT2D eigenvalue weighted by atomic mass is 35.5. The number of non-ortho nitro benzene ring substituents is 1. The first-order valence-electron chi connectivity index (χ1n) is 6.28. The molecule has 1 aromatic rings. The number of hydrogen-bond donors (Lipinski definition) is 2. The number of halogens is 1. The zero-order valence-electron chi connectivity index (χ0n) is 11.2. The minimum Gasteiger partial charge on any atom is -0.348 e. The van der Waals surface area contributed by atoms with E-state index in [9.17, 15) is 14.9 Å². The van der Waals surface area contributed by atoms with Crippen molar-refractivity contribution < 1.29 is 9.72 Å². The highest BCUT2D eigenvalue weighted by Crippen LogP contribution is 2.32. The van der Waals surface area contributed by atoms with Crippen molar-refractivity contribution in [2.75, 3.05) is 6.54 Å². The van der Waals surface area contributed by atoms with E-state index in [4.69, 9.17) is 5.73 Å². The summed E-state index contributed by atoms with van der Waals surface area (Å²) in [6.45, 7) is 2.12. The smallest absolute Gasteiger partial charge is 0.270 e. The summed E-state index contributed by atoms with van der Waals surface area (Å²) in [7, 11) is 0. The largest absolute Gasteiger partial charge is 0.348 e. The summed E-state index contributed by atoms with van der Waals surface area (Å²) in [5.74, 6) is 0.155. The predicted octanol–water partition coefficient (Wildman–Crippen LogP) is 1.79. The van der Waals surface area contributed by atoms with Gasteiger partial charge in [-0.1, -0.05) is 0 Å². The van der Waals surface area contributed by atoms with E-state index in [-0.39, 0.29) is 30.0 Å². The molecule has 3 N–H and O–H groups in total. The molecule has 1 unspecified atom stereocenters. The quantitative estimate of drug-likeness (QED) is 0.639. The molecule has 0 heterocycles. The zero-order chi connectivity index (χ0) is 14.0. The van der Waals surface area contributed by atoms with Gasteiger partial charge in [0.2, 0.25) is 0 Å². The van der Waals surface area contributed by atoms with Gasteiger partial charge in [-0.2, -0.15) is 0 Å². The van der Waals surface area contributed by atoms with Crippen LogP contribution in [0.25, 0.3) is 0 Å². The lowest BCUT2D eigenvalue weighted by Crippen LogP contribution is -2.41. The third-order valence-electron chi connectivity index (χ3n) is 3.30. The van der Waals surface area contributed by atoms with E-state index in [1.54, 1.807) is 13.0 Å². The van der Waals surface area contributed by atoms with Crippen molar-refractivity contribution in [3.63, 3.8) is 0 Å². The van der Waals surface area contributed by atoms with Crippen molar-refractivity contribution in [1.29, 1.82) is 0 Å². The van der Waals surface area contributed by atoms with Crippen LogP contribution in [0.15, 0.2) is 18.2 Å². The molecule has 7 heteroatoms. The molecular weight excluding hydrogens is 282 g/mol. The molecule has 0 bridgehead atoms. The number of nitrogens with two attached hydrogens (primary N) is 1. The molecule has 0 aliphatic heterocycles. The van der Waals surface area contributed by atoms with Gasteiger partial charge in [0.1, 0.15) is 0 Å². The Labute approximate surface area is 123 Å². The first-order valence-corrected chi connectivity index (χ1v) is 6.28. The third-order valence-corrected chi connectivity index (χ3v) is 3.30. The molecule has 20 heavy (non-hydrogen) atoms. The van der Waals surface area contributed by atoms with Gasteiger partial charge in [-0.05, 0) is 37.3 Å². The molecule has 0 aromatic heterocycles. The summed E-state index contributed by atoms with van der Waals surface area (Å²) >= 11 is 0. The minimum absolute atomic E-state index is 0. The molecule has 110 valence electrons. The molecule has 2 rings (SSSR count). The number of aryl methyl sites for hydroxylation is 1. The molecule has 1 atom stereocenters. The van der Waals surface area contributed by atoms with Gasteiger partial charge in [0.05, 0.1) is 4.92 Å². The number of nitro benzene ring substituents is 1. The number of nitrogens with one attached hydrogen (secondary N) is 1. The SMILES string of the molecule is Cc1cc(C(=O)NC(CN)C2CC2)cc([N+](=O)[O-])c1.Cl. The van der Waals surface area contributed by atoms with E-state index < -0.39 is 4.92 Å². The van der Waals surface area contributed by atoms with Crippen molar-refractivity contribution in [1.82, 2.24) is 5.32 Å². The lowest BCUT2D eigenvalue weighted by molar-refractivity contribution is -0.384. The monoisotopic (exact) mass is 299 g/mol. The van der Waals surface area contributed by atoms with E-state index in [0.29, 0.717) is 23.6 Å². The van der Waals surface area contributed by atoms with Crippen LogP contribution in [0.4, 0.5) is 5.69 Å². The van der Waals surface area contributed by atoms with Crippen molar-refractivity contribution in [2.45, 2.75) is 25.8 Å². The van der Waals surface area contributed by atoms with Gasteiger partial charge in [-0.15, -0.1) is 12.4 Å². The Hall–Kier alpha value is -1.66. The van der Waals surface area contributed by atoms with Crippen LogP contribution < -0.4 is 11.1 Å². The fourth-order valence-electron chi connectivity index (χ4n) is 2.12. The fourth-order valence-corrected chi connectivity index (χ4v) is 2.12. The first kappa shape index (κ1) is 16.4. The van der Waals surface area contributed by atoms with Crippen LogP contribution in [0, 0.1) is 23.0 Å². The lowest BCUT2D eigenvalue weighted by Gasteiger charge is -2.16. The molecule has 0 radical (unpaired) electrons. The number of nitrogens with zero attached hydrogens (tertiary/aromatic N) is 1. The molecule has 1 aliphatic rings. The van der Waals surface area contributed by atoms with Crippen LogP contribution in [0.2, 0.25) is 0 Å². The molecule has 1 aliphatic carbocycles. The average molecular weight is 300 g/mol. The predicted molar refractivity (Wildman–Crippen MR) is 78.1 cm³/mol. The molecular formula is C13H18ClN3O3. The van der Waals surface area contributed by atoms with Crippen LogP contribution in [0.3, 0.4) is 0 Å². The summed E-state index contributed by atoms with van der Waals surface area (Å²) in [4.78, 5) is 22.4. The number of carbonyl (C=O) groups is 1. The third kappa shape index (κ3) is 3.91. The lowest BCUT2D eigenvalue weighted by atomic mass is 10.1. The average Bonchev–Trinajstić information content (AvgIpc) is 3.19. The number of hydrogen-bond acceptors (Lipinski definition) is 4. The Kier molecular flexibility index (Phi) is 5.47. The zero-order valence-corrected chi connectivity index (χ0v) is 12.0. The minimum atomic E-state index is -0.495. The van der Waals surface area contributed by atoms with Crippen LogP contribution in [0.5, 0.6) is 0 Å². The van der Waals surface area contributed by atoms with Gasteiger partial charge < -0.3 is 11.1 Å². The van der Waals surface area contributed by atoms with Crippen LogP contribution in [-0.2, 0) is 0 Å². The Balaban J connectivity index is 0.00000200. The summed E-state index contributed by atoms with van der Waals surface area (Å²) < 4.78 is 0. The fraction of sp³-hybridized carbons (Fsp3) is 0.462. The number of benzene rings is 1. The maximum absolute atomic E-state index is 12.1. The van der Waals surface area contributed by atoms with Crippen LogP contribution >= 0.6 is 12.4 Å². The number of amides is 1. The molecule has 1 amide bonds. The van der Waals surface area contributed by atoms with Crippen molar-refractivity contribution in [2.24, 2.45) is 11.7 Å². The molecule has 1 saturated carbocycles. The molecule has 0 spiro atoms. The molecule has 6 nitrogen and oxygen atoms in total. The Morgan fingerprint density at radius 1 is 1.50 bits per heavy atom. The van der Waals surface area contributed by atoms with Gasteiger partial charge in [0, 0.05) is 30.3 Å². The standard InChI is InChI=1S/C13H17N3O3.ClH/c1-8-4-10(6-11(5-8)16(18)19)13(17)15-12(7-14)9-2-3-9;/h4-6,9,12H,2-3,7,14H2,1H3,(H,15,17);1H. The second kappa shape index (κ2) is 6.67. The van der Waals surface area contributed by atoms with Crippen LogP contribution in [0.1, 0.15) is 28.8 Å². The normalized spacial score (nSPS) is 15.1. The Bertz CT molecular complexity index is 518. The number of nitro groups is 1. The maximum atomic E-state index is 12.1.